The molecule has 0 aliphatic rings. The molecular formula is C21H19F2N3O4. The van der Waals surface area contributed by atoms with E-state index in [0.29, 0.717) is 11.8 Å². The fourth-order valence-electron chi connectivity index (χ4n) is 3.10. The van der Waals surface area contributed by atoms with Gasteiger partial charge < -0.3 is 10.5 Å². The summed E-state index contributed by atoms with van der Waals surface area (Å²) in [6.07, 6.45) is -0.344. The lowest BCUT2D eigenvalue weighted by Crippen LogP contribution is -2.29. The number of benzene rings is 1. The number of rotatable bonds is 7. The van der Waals surface area contributed by atoms with E-state index in [1.54, 1.807) is 19.1 Å². The predicted octanol–water partition coefficient (Wildman–Crippen LogP) is 3.04. The Balaban J connectivity index is 2.06. The van der Waals surface area contributed by atoms with Crippen LogP contribution in [0.1, 0.15) is 35.0 Å². The maximum atomic E-state index is 13.9. The number of aryl methyl sites for hydroxylation is 2. The molecule has 0 spiro atoms. The van der Waals surface area contributed by atoms with E-state index in [1.807, 2.05) is 0 Å². The molecule has 0 saturated carbocycles. The van der Waals surface area contributed by atoms with Crippen LogP contribution < -0.4 is 10.9 Å². The number of carbonyl (C=O) groups is 2. The van der Waals surface area contributed by atoms with Crippen molar-refractivity contribution in [2.24, 2.45) is 0 Å². The number of anilines is 1. The van der Waals surface area contributed by atoms with Crippen LogP contribution in [-0.2, 0) is 11.2 Å². The van der Waals surface area contributed by atoms with Crippen LogP contribution >= 0.6 is 0 Å². The first-order valence-electron chi connectivity index (χ1n) is 9.15. The maximum absolute atomic E-state index is 13.9. The first kappa shape index (κ1) is 21.1. The highest BCUT2D eigenvalue weighted by Gasteiger charge is 2.23. The zero-order valence-corrected chi connectivity index (χ0v) is 16.3. The van der Waals surface area contributed by atoms with Crippen molar-refractivity contribution in [3.05, 3.63) is 69.1 Å². The van der Waals surface area contributed by atoms with Gasteiger partial charge in [0, 0.05) is 23.6 Å². The van der Waals surface area contributed by atoms with E-state index in [-0.39, 0.29) is 57.7 Å². The summed E-state index contributed by atoms with van der Waals surface area (Å²) in [4.78, 5) is 41.2. The summed E-state index contributed by atoms with van der Waals surface area (Å²) in [6, 6.07) is 6.22. The quantitative estimate of drug-likeness (QED) is 0.454. The Morgan fingerprint density at radius 2 is 1.93 bits per heavy atom. The molecule has 30 heavy (non-hydrogen) atoms. The van der Waals surface area contributed by atoms with Gasteiger partial charge in [-0.3, -0.25) is 14.4 Å². The van der Waals surface area contributed by atoms with E-state index in [1.165, 1.54) is 13.0 Å². The van der Waals surface area contributed by atoms with Gasteiger partial charge in [-0.1, -0.05) is 6.07 Å². The van der Waals surface area contributed by atoms with Gasteiger partial charge in [0.05, 0.1) is 12.2 Å². The number of hydrogen-bond donors (Lipinski definition) is 2. The lowest BCUT2D eigenvalue weighted by atomic mass is 10.0. The Morgan fingerprint density at radius 1 is 1.20 bits per heavy atom. The van der Waals surface area contributed by atoms with Gasteiger partial charge in [0.25, 0.3) is 5.56 Å². The van der Waals surface area contributed by atoms with Crippen LogP contribution in [0.25, 0.3) is 11.0 Å². The minimum Gasteiger partial charge on any atom is -0.423 e. The predicted molar refractivity (Wildman–Crippen MR) is 106 cm³/mol. The van der Waals surface area contributed by atoms with Crippen LogP contribution in [0.5, 0.6) is 0 Å². The Bertz CT molecular complexity index is 1220. The number of fused-ring (bicyclic) bond motifs is 1. The molecule has 0 atom stereocenters. The normalized spacial score (nSPS) is 10.9. The summed E-state index contributed by atoms with van der Waals surface area (Å²) < 4.78 is 27.2. The van der Waals surface area contributed by atoms with Crippen molar-refractivity contribution < 1.29 is 23.6 Å². The minimum absolute atomic E-state index is 0.0628. The van der Waals surface area contributed by atoms with E-state index >= 15 is 0 Å². The zero-order valence-electron chi connectivity index (χ0n) is 16.3. The molecule has 2 N–H and O–H groups in total. The SMILES string of the molecule is CC(=O)CNc1c(C(=O)CCc2ccc(F)cc2F)c(=O)n(O)c2nc(C)ccc12. The Morgan fingerprint density at radius 3 is 2.60 bits per heavy atom. The number of pyridine rings is 2. The second-order valence-corrected chi connectivity index (χ2v) is 6.91. The van der Waals surface area contributed by atoms with E-state index in [4.69, 9.17) is 0 Å². The topological polar surface area (TPSA) is 101 Å². The summed E-state index contributed by atoms with van der Waals surface area (Å²) in [5.41, 5.74) is -0.700. The van der Waals surface area contributed by atoms with Gasteiger partial charge in [-0.25, -0.2) is 13.8 Å². The van der Waals surface area contributed by atoms with Crippen molar-refractivity contribution in [2.45, 2.75) is 26.7 Å². The molecule has 0 amide bonds. The lowest BCUT2D eigenvalue weighted by Gasteiger charge is -2.15. The lowest BCUT2D eigenvalue weighted by molar-refractivity contribution is -0.115. The third-order valence-corrected chi connectivity index (χ3v) is 4.57. The molecule has 0 saturated heterocycles. The third kappa shape index (κ3) is 4.19. The molecule has 2 heterocycles. The van der Waals surface area contributed by atoms with Gasteiger partial charge in [-0.15, -0.1) is 4.73 Å². The summed E-state index contributed by atoms with van der Waals surface area (Å²) in [7, 11) is 0. The molecule has 0 aliphatic carbocycles. The molecule has 3 rings (SSSR count). The summed E-state index contributed by atoms with van der Waals surface area (Å²) in [6.45, 7) is 2.86. The zero-order chi connectivity index (χ0) is 22.0. The molecule has 0 fully saturated rings. The third-order valence-electron chi connectivity index (χ3n) is 4.57. The number of nitrogens with one attached hydrogen (secondary N) is 1. The highest BCUT2D eigenvalue weighted by atomic mass is 19.1. The van der Waals surface area contributed by atoms with Crippen LogP contribution in [0.15, 0.2) is 35.1 Å². The van der Waals surface area contributed by atoms with E-state index in [2.05, 4.69) is 10.3 Å². The summed E-state index contributed by atoms with van der Waals surface area (Å²) >= 11 is 0. The number of nitrogens with zero attached hydrogens (tertiary/aromatic N) is 2. The molecule has 0 bridgehead atoms. The van der Waals surface area contributed by atoms with Crippen LogP contribution in [0.2, 0.25) is 0 Å². The molecule has 1 aromatic carbocycles. The molecule has 3 aromatic rings. The van der Waals surface area contributed by atoms with Crippen LogP contribution in [0.4, 0.5) is 14.5 Å². The molecule has 2 aromatic heterocycles. The summed E-state index contributed by atoms with van der Waals surface area (Å²) in [5, 5.41) is 13.3. The fraction of sp³-hybridized carbons (Fsp3) is 0.238. The monoisotopic (exact) mass is 415 g/mol. The first-order chi connectivity index (χ1) is 14.2. The van der Waals surface area contributed by atoms with E-state index in [9.17, 15) is 28.4 Å². The largest absolute Gasteiger partial charge is 0.423 e. The van der Waals surface area contributed by atoms with Crippen molar-refractivity contribution in [3.8, 4) is 0 Å². The van der Waals surface area contributed by atoms with Crippen LogP contribution in [0, 0.1) is 18.6 Å². The van der Waals surface area contributed by atoms with E-state index in [0.717, 1.165) is 6.07 Å². The Labute approximate surface area is 169 Å². The van der Waals surface area contributed by atoms with E-state index < -0.39 is 23.0 Å². The van der Waals surface area contributed by atoms with Crippen molar-refractivity contribution in [2.75, 3.05) is 11.9 Å². The van der Waals surface area contributed by atoms with Gasteiger partial charge in [0.1, 0.15) is 23.0 Å². The van der Waals surface area contributed by atoms with Crippen molar-refractivity contribution >= 4 is 28.3 Å². The van der Waals surface area contributed by atoms with Crippen LogP contribution in [0.3, 0.4) is 0 Å². The summed E-state index contributed by atoms with van der Waals surface area (Å²) in [5.74, 6) is -2.43. The van der Waals surface area contributed by atoms with Gasteiger partial charge in [-0.2, -0.15) is 0 Å². The first-order valence-corrected chi connectivity index (χ1v) is 9.15. The average molecular weight is 415 g/mol. The molecule has 0 unspecified atom stereocenters. The minimum atomic E-state index is -1.00. The second kappa shape index (κ2) is 8.40. The molecular weight excluding hydrogens is 396 g/mol. The number of carbonyl (C=O) groups excluding carboxylic acids is 2. The maximum Gasteiger partial charge on any atom is 0.297 e. The fourth-order valence-corrected chi connectivity index (χ4v) is 3.10. The van der Waals surface area contributed by atoms with Crippen molar-refractivity contribution in [3.63, 3.8) is 0 Å². The van der Waals surface area contributed by atoms with Gasteiger partial charge in [-0.05, 0) is 44.0 Å². The van der Waals surface area contributed by atoms with Crippen molar-refractivity contribution in [1.29, 1.82) is 0 Å². The smallest absolute Gasteiger partial charge is 0.297 e. The number of ketones is 2. The van der Waals surface area contributed by atoms with Crippen molar-refractivity contribution in [1.82, 2.24) is 9.71 Å². The standard InChI is InChI=1S/C21H19F2N3O4/c1-11-3-7-15-19(24-10-12(2)27)18(21(29)26(30)20(15)25-11)17(28)8-5-13-4-6-14(22)9-16(13)23/h3-4,6-7,9,24,30H,5,8,10H2,1-2H3. The molecule has 7 nitrogen and oxygen atoms in total. The van der Waals surface area contributed by atoms with Gasteiger partial charge >= 0.3 is 0 Å². The molecule has 0 aliphatic heterocycles. The highest BCUT2D eigenvalue weighted by Crippen LogP contribution is 2.26. The average Bonchev–Trinajstić information content (AvgIpc) is 2.68. The molecule has 156 valence electrons. The molecule has 0 radical (unpaired) electrons. The Hall–Kier alpha value is -3.62. The number of Topliss-reactive ketones (excluding diaryl/α,β-unsaturated/α-hetero) is 2. The number of halogens is 2. The number of aromatic nitrogens is 2. The number of hydrogen-bond acceptors (Lipinski definition) is 6. The second-order valence-electron chi connectivity index (χ2n) is 6.91. The van der Waals surface area contributed by atoms with Crippen LogP contribution in [-0.4, -0.2) is 33.0 Å². The van der Waals surface area contributed by atoms with Gasteiger partial charge in [0.15, 0.2) is 11.4 Å². The van der Waals surface area contributed by atoms with Gasteiger partial charge in [0.2, 0.25) is 0 Å². The highest BCUT2D eigenvalue weighted by molar-refractivity contribution is 6.08. The Kier molecular flexibility index (Phi) is 5.91. The molecule has 9 heteroatoms.